The molecule has 3 heterocycles. The lowest BCUT2D eigenvalue weighted by molar-refractivity contribution is 0.554. The molecule has 0 saturated heterocycles. The average Bonchev–Trinajstić information content (AvgIpc) is 3.35. The number of hydrogen-bond donors (Lipinski definition) is 0. The van der Waals surface area contributed by atoms with Gasteiger partial charge in [0, 0.05) is 28.1 Å². The van der Waals surface area contributed by atoms with Crippen LogP contribution in [0.5, 0.6) is 0 Å². The van der Waals surface area contributed by atoms with Crippen molar-refractivity contribution < 1.29 is 8.83 Å². The molecule has 6 rings (SSSR count). The van der Waals surface area contributed by atoms with Crippen LogP contribution in [-0.2, 0) is 11.8 Å². The highest BCUT2D eigenvalue weighted by atomic mass is 16.4. The Balaban J connectivity index is 1.66. The number of benzene rings is 3. The lowest BCUT2D eigenvalue weighted by Gasteiger charge is -2.22. The van der Waals surface area contributed by atoms with Crippen LogP contribution in [0.3, 0.4) is 0 Å². The molecular weight excluding hydrogens is 430 g/mol. The highest BCUT2D eigenvalue weighted by molar-refractivity contribution is 6.17. The summed E-state index contributed by atoms with van der Waals surface area (Å²) < 4.78 is 12.7. The number of furan rings is 2. The van der Waals surface area contributed by atoms with Gasteiger partial charge in [-0.2, -0.15) is 0 Å². The van der Waals surface area contributed by atoms with Crippen molar-refractivity contribution in [2.45, 2.75) is 53.4 Å². The number of rotatable bonds is 3. The molecule has 35 heavy (non-hydrogen) atoms. The summed E-state index contributed by atoms with van der Waals surface area (Å²) >= 11 is 0. The summed E-state index contributed by atoms with van der Waals surface area (Å²) in [5, 5.41) is 5.75. The second-order valence-corrected chi connectivity index (χ2v) is 11.2. The van der Waals surface area contributed by atoms with Gasteiger partial charge in [0.15, 0.2) is 11.2 Å². The van der Waals surface area contributed by atoms with Crippen molar-refractivity contribution in [2.75, 3.05) is 0 Å². The summed E-state index contributed by atoms with van der Waals surface area (Å²) in [5.41, 5.74) is 7.14. The van der Waals surface area contributed by atoms with Crippen LogP contribution in [0.2, 0.25) is 0 Å². The fourth-order valence-electron chi connectivity index (χ4n) is 5.45. The number of pyridine rings is 1. The van der Waals surface area contributed by atoms with Crippen LogP contribution in [0.15, 0.2) is 69.6 Å². The smallest absolute Gasteiger partial charge is 0.178 e. The summed E-state index contributed by atoms with van der Waals surface area (Å²) in [6, 6.07) is 19.5. The number of fused-ring (bicyclic) bond motifs is 6. The van der Waals surface area contributed by atoms with E-state index in [1.165, 1.54) is 21.9 Å². The van der Waals surface area contributed by atoms with Crippen molar-refractivity contribution in [2.24, 2.45) is 5.92 Å². The SMILES string of the molecule is Cc1oc2c(ccc3c2oc2ccnc(-c4cc(C(C)(C)C)c5ccccc5c4)c23)c1CC(C)C. The van der Waals surface area contributed by atoms with E-state index in [1.807, 2.05) is 12.3 Å². The Morgan fingerprint density at radius 3 is 2.37 bits per heavy atom. The predicted molar refractivity (Wildman–Crippen MR) is 146 cm³/mol. The zero-order valence-corrected chi connectivity index (χ0v) is 21.3. The van der Waals surface area contributed by atoms with Gasteiger partial charge >= 0.3 is 0 Å². The van der Waals surface area contributed by atoms with E-state index in [9.17, 15) is 0 Å². The summed E-state index contributed by atoms with van der Waals surface area (Å²) in [4.78, 5) is 4.88. The molecule has 0 aliphatic heterocycles. The molecule has 0 spiro atoms. The maximum atomic E-state index is 6.45. The molecule has 3 nitrogen and oxygen atoms in total. The lowest BCUT2D eigenvalue weighted by Crippen LogP contribution is -2.12. The van der Waals surface area contributed by atoms with Crippen molar-refractivity contribution in [3.05, 3.63) is 77.7 Å². The Kier molecular flexibility index (Phi) is 4.83. The fraction of sp³-hybridized carbons (Fsp3) is 0.281. The van der Waals surface area contributed by atoms with Gasteiger partial charge in [0.2, 0.25) is 0 Å². The van der Waals surface area contributed by atoms with E-state index in [1.54, 1.807) is 0 Å². The summed E-state index contributed by atoms with van der Waals surface area (Å²) in [7, 11) is 0. The van der Waals surface area contributed by atoms with Crippen LogP contribution in [-0.4, -0.2) is 4.98 Å². The highest BCUT2D eigenvalue weighted by Crippen LogP contribution is 2.42. The van der Waals surface area contributed by atoms with Crippen molar-refractivity contribution in [1.82, 2.24) is 4.98 Å². The van der Waals surface area contributed by atoms with E-state index in [4.69, 9.17) is 13.8 Å². The minimum atomic E-state index is 0.00660. The Hall–Kier alpha value is -3.59. The molecule has 176 valence electrons. The minimum absolute atomic E-state index is 0.00660. The molecule has 3 aromatic heterocycles. The molecule has 0 aliphatic rings. The van der Waals surface area contributed by atoms with E-state index < -0.39 is 0 Å². The molecule has 0 N–H and O–H groups in total. The third-order valence-corrected chi connectivity index (χ3v) is 7.07. The topological polar surface area (TPSA) is 39.2 Å². The van der Waals surface area contributed by atoms with Gasteiger partial charge in [-0.1, -0.05) is 58.9 Å². The van der Waals surface area contributed by atoms with Crippen LogP contribution in [0.4, 0.5) is 0 Å². The molecule has 0 bridgehead atoms. The largest absolute Gasteiger partial charge is 0.457 e. The molecule has 0 radical (unpaired) electrons. The fourth-order valence-corrected chi connectivity index (χ4v) is 5.45. The normalized spacial score (nSPS) is 12.7. The van der Waals surface area contributed by atoms with Crippen molar-refractivity contribution in [3.63, 3.8) is 0 Å². The van der Waals surface area contributed by atoms with Crippen molar-refractivity contribution >= 4 is 43.7 Å². The van der Waals surface area contributed by atoms with Crippen LogP contribution in [0, 0.1) is 12.8 Å². The van der Waals surface area contributed by atoms with Gasteiger partial charge in [0.1, 0.15) is 11.3 Å². The van der Waals surface area contributed by atoms with Crippen LogP contribution in [0.25, 0.3) is 54.9 Å². The highest BCUT2D eigenvalue weighted by Gasteiger charge is 2.23. The Labute approximate surface area is 205 Å². The summed E-state index contributed by atoms with van der Waals surface area (Å²) in [6.07, 6.45) is 2.84. The minimum Gasteiger partial charge on any atom is -0.457 e. The summed E-state index contributed by atoms with van der Waals surface area (Å²) in [6.45, 7) is 13.3. The van der Waals surface area contributed by atoms with Crippen molar-refractivity contribution in [1.29, 1.82) is 0 Å². The zero-order chi connectivity index (χ0) is 24.5. The predicted octanol–water partition coefficient (Wildman–Crippen LogP) is 9.35. The van der Waals surface area contributed by atoms with Gasteiger partial charge < -0.3 is 8.83 Å². The molecule has 0 amide bonds. The van der Waals surface area contributed by atoms with Gasteiger partial charge in [0.05, 0.1) is 11.1 Å². The van der Waals surface area contributed by atoms with Gasteiger partial charge in [0.25, 0.3) is 0 Å². The number of aryl methyl sites for hydroxylation is 1. The maximum absolute atomic E-state index is 6.45. The first-order valence-electron chi connectivity index (χ1n) is 12.5. The molecular formula is C32H31NO2. The standard InChI is InChI=1S/C32H31NO2/c1-18(2)15-25-19(3)34-30-23(25)11-12-24-28-27(35-31(24)30)13-14-33-29(28)21-16-20-9-7-8-10-22(20)26(17-21)32(4,5)6/h7-14,16-18H,15H2,1-6H3. The number of hydrogen-bond acceptors (Lipinski definition) is 3. The second kappa shape index (κ2) is 7.71. The first kappa shape index (κ1) is 21.9. The first-order chi connectivity index (χ1) is 16.7. The van der Waals surface area contributed by atoms with E-state index in [2.05, 4.69) is 90.1 Å². The van der Waals surface area contributed by atoms with Gasteiger partial charge in [-0.15, -0.1) is 0 Å². The van der Waals surface area contributed by atoms with Crippen LogP contribution >= 0.6 is 0 Å². The third-order valence-electron chi connectivity index (χ3n) is 7.07. The van der Waals surface area contributed by atoms with E-state index in [0.29, 0.717) is 5.92 Å². The number of aromatic nitrogens is 1. The van der Waals surface area contributed by atoms with E-state index in [0.717, 1.165) is 56.3 Å². The average molecular weight is 462 g/mol. The van der Waals surface area contributed by atoms with Crippen LogP contribution in [0.1, 0.15) is 51.5 Å². The molecule has 0 atom stereocenters. The molecule has 0 unspecified atom stereocenters. The molecule has 3 heteroatoms. The first-order valence-corrected chi connectivity index (χ1v) is 12.5. The van der Waals surface area contributed by atoms with Gasteiger partial charge in [-0.3, -0.25) is 4.98 Å². The molecule has 0 aliphatic carbocycles. The van der Waals surface area contributed by atoms with Crippen molar-refractivity contribution in [3.8, 4) is 11.3 Å². The zero-order valence-electron chi connectivity index (χ0n) is 21.3. The molecule has 3 aromatic carbocycles. The van der Waals surface area contributed by atoms with E-state index in [-0.39, 0.29) is 5.41 Å². The quantitative estimate of drug-likeness (QED) is 0.263. The third kappa shape index (κ3) is 3.44. The van der Waals surface area contributed by atoms with Gasteiger partial charge in [-0.05, 0) is 71.3 Å². The van der Waals surface area contributed by atoms with Crippen LogP contribution < -0.4 is 0 Å². The monoisotopic (exact) mass is 461 g/mol. The maximum Gasteiger partial charge on any atom is 0.178 e. The Morgan fingerprint density at radius 2 is 1.60 bits per heavy atom. The Morgan fingerprint density at radius 1 is 0.857 bits per heavy atom. The van der Waals surface area contributed by atoms with E-state index >= 15 is 0 Å². The Bertz CT molecular complexity index is 1740. The number of nitrogens with zero attached hydrogens (tertiary/aromatic N) is 1. The summed E-state index contributed by atoms with van der Waals surface area (Å²) in [5.74, 6) is 1.53. The molecule has 6 aromatic rings. The molecule has 0 fully saturated rings. The van der Waals surface area contributed by atoms with Gasteiger partial charge in [-0.25, -0.2) is 0 Å². The second-order valence-electron chi connectivity index (χ2n) is 11.2. The lowest BCUT2D eigenvalue weighted by atomic mass is 9.82. The molecule has 0 saturated carbocycles.